The van der Waals surface area contributed by atoms with E-state index in [2.05, 4.69) is 0 Å². The average Bonchev–Trinajstić information content (AvgIpc) is 2.60. The second kappa shape index (κ2) is 8.00. The van der Waals surface area contributed by atoms with E-state index in [1.807, 2.05) is 6.92 Å². The van der Waals surface area contributed by atoms with Gasteiger partial charge in [0.1, 0.15) is 5.75 Å². The Morgan fingerprint density at radius 2 is 2.12 bits per heavy atom. The monoisotopic (exact) mass is 348 g/mol. The number of rotatable bonds is 7. The summed E-state index contributed by atoms with van der Waals surface area (Å²) >= 11 is 0. The number of nitrogens with zero attached hydrogens (tertiary/aromatic N) is 1. The van der Waals surface area contributed by atoms with Gasteiger partial charge in [0, 0.05) is 18.7 Å². The van der Waals surface area contributed by atoms with Crippen molar-refractivity contribution >= 4 is 17.8 Å². The maximum Gasteiger partial charge on any atom is 0.311 e. The third kappa shape index (κ3) is 4.49. The number of primary amides is 1. The van der Waals surface area contributed by atoms with Crippen molar-refractivity contribution in [1.29, 1.82) is 0 Å². The first-order chi connectivity index (χ1) is 11.9. The Labute approximate surface area is 146 Å². The van der Waals surface area contributed by atoms with Gasteiger partial charge >= 0.3 is 5.97 Å². The second-order valence-corrected chi connectivity index (χ2v) is 6.45. The van der Waals surface area contributed by atoms with Crippen LogP contribution in [0.4, 0.5) is 0 Å². The number of hydrogen-bond acceptors (Lipinski definition) is 4. The highest BCUT2D eigenvalue weighted by Gasteiger charge is 2.42. The molecule has 1 saturated heterocycles. The van der Waals surface area contributed by atoms with E-state index in [-0.39, 0.29) is 19.1 Å². The van der Waals surface area contributed by atoms with Crippen LogP contribution in [0.25, 0.3) is 0 Å². The molecule has 0 radical (unpaired) electrons. The zero-order valence-corrected chi connectivity index (χ0v) is 14.4. The highest BCUT2D eigenvalue weighted by atomic mass is 16.5. The minimum absolute atomic E-state index is 0.210. The fourth-order valence-corrected chi connectivity index (χ4v) is 3.33. The molecule has 7 heteroatoms. The van der Waals surface area contributed by atoms with Crippen molar-refractivity contribution in [2.45, 2.75) is 32.6 Å². The van der Waals surface area contributed by atoms with Crippen molar-refractivity contribution in [2.75, 3.05) is 19.7 Å². The quantitative estimate of drug-likeness (QED) is 0.778. The van der Waals surface area contributed by atoms with Gasteiger partial charge in [-0.05, 0) is 37.5 Å². The normalized spacial score (nSPS) is 20.1. The molecule has 0 spiro atoms. The van der Waals surface area contributed by atoms with Gasteiger partial charge in [0.2, 0.25) is 0 Å². The third-order valence-corrected chi connectivity index (χ3v) is 4.51. The third-order valence-electron chi connectivity index (χ3n) is 4.51. The van der Waals surface area contributed by atoms with Crippen LogP contribution in [0.5, 0.6) is 5.75 Å². The van der Waals surface area contributed by atoms with E-state index < -0.39 is 17.3 Å². The number of ether oxygens (including phenoxy) is 1. The number of hydrogen-bond donors (Lipinski definition) is 2. The summed E-state index contributed by atoms with van der Waals surface area (Å²) in [5.41, 5.74) is 4.58. The molecule has 1 heterocycles. The molecule has 25 heavy (non-hydrogen) atoms. The van der Waals surface area contributed by atoms with Crippen LogP contribution in [0.2, 0.25) is 0 Å². The average molecular weight is 348 g/mol. The molecule has 0 aromatic heterocycles. The van der Waals surface area contributed by atoms with Gasteiger partial charge in [-0.1, -0.05) is 19.4 Å². The van der Waals surface area contributed by atoms with Gasteiger partial charge < -0.3 is 20.5 Å². The van der Waals surface area contributed by atoms with Crippen molar-refractivity contribution in [3.63, 3.8) is 0 Å². The van der Waals surface area contributed by atoms with Crippen molar-refractivity contribution in [1.82, 2.24) is 4.90 Å². The summed E-state index contributed by atoms with van der Waals surface area (Å²) in [5, 5.41) is 9.65. The van der Waals surface area contributed by atoms with E-state index in [0.717, 1.165) is 6.42 Å². The number of carbonyl (C=O) groups is 3. The molecule has 1 aromatic rings. The van der Waals surface area contributed by atoms with Gasteiger partial charge in [0.15, 0.2) is 6.61 Å². The summed E-state index contributed by atoms with van der Waals surface area (Å²) in [4.78, 5) is 37.0. The Morgan fingerprint density at radius 3 is 2.76 bits per heavy atom. The molecule has 2 rings (SSSR count). The highest BCUT2D eigenvalue weighted by molar-refractivity contribution is 5.95. The largest absolute Gasteiger partial charge is 0.484 e. The molecule has 0 bridgehead atoms. The molecule has 1 aromatic carbocycles. The number of carbonyl (C=O) groups excluding carboxylic acids is 2. The van der Waals surface area contributed by atoms with Gasteiger partial charge in [-0.2, -0.15) is 0 Å². The smallest absolute Gasteiger partial charge is 0.311 e. The SMILES string of the molecule is CCCC1(C(=O)O)CCCN(C(=O)c2cccc(OCC(N)=O)c2)C1. The molecule has 1 unspecified atom stereocenters. The van der Waals surface area contributed by atoms with E-state index >= 15 is 0 Å². The molecular weight excluding hydrogens is 324 g/mol. The lowest BCUT2D eigenvalue weighted by Crippen LogP contribution is -2.49. The van der Waals surface area contributed by atoms with Crippen LogP contribution in [0.3, 0.4) is 0 Å². The van der Waals surface area contributed by atoms with Gasteiger partial charge in [-0.15, -0.1) is 0 Å². The summed E-state index contributed by atoms with van der Waals surface area (Å²) in [6.45, 7) is 2.43. The molecule has 0 saturated carbocycles. The molecular formula is C18H24N2O5. The van der Waals surface area contributed by atoms with Crippen LogP contribution in [0.1, 0.15) is 43.0 Å². The minimum atomic E-state index is -0.872. The molecule has 2 amide bonds. The standard InChI is InChI=1S/C18H24N2O5/c1-2-7-18(17(23)24)8-4-9-20(12-18)16(22)13-5-3-6-14(10-13)25-11-15(19)21/h3,5-6,10H,2,4,7-9,11-12H2,1H3,(H2,19,21)(H,23,24). The molecule has 1 atom stereocenters. The molecule has 0 aliphatic carbocycles. The first-order valence-electron chi connectivity index (χ1n) is 8.42. The number of nitrogens with two attached hydrogens (primary N) is 1. The second-order valence-electron chi connectivity index (χ2n) is 6.45. The number of benzene rings is 1. The van der Waals surface area contributed by atoms with Crippen molar-refractivity contribution < 1.29 is 24.2 Å². The van der Waals surface area contributed by atoms with E-state index in [0.29, 0.717) is 37.1 Å². The maximum atomic E-state index is 12.8. The van der Waals surface area contributed by atoms with E-state index in [4.69, 9.17) is 10.5 Å². The van der Waals surface area contributed by atoms with E-state index in [1.165, 1.54) is 0 Å². The van der Waals surface area contributed by atoms with Crippen LogP contribution in [-0.2, 0) is 9.59 Å². The zero-order valence-electron chi connectivity index (χ0n) is 14.4. The van der Waals surface area contributed by atoms with Gasteiger partial charge in [-0.3, -0.25) is 14.4 Å². The molecule has 7 nitrogen and oxygen atoms in total. The predicted octanol–water partition coefficient (Wildman–Crippen LogP) is 1.66. The van der Waals surface area contributed by atoms with Crippen LogP contribution in [0, 0.1) is 5.41 Å². The van der Waals surface area contributed by atoms with Crippen molar-refractivity contribution in [3.8, 4) is 5.75 Å². The van der Waals surface area contributed by atoms with Crippen LogP contribution in [0.15, 0.2) is 24.3 Å². The first kappa shape index (κ1) is 18.8. The summed E-state index contributed by atoms with van der Waals surface area (Å²) in [5.74, 6) is -1.30. The molecule has 136 valence electrons. The lowest BCUT2D eigenvalue weighted by Gasteiger charge is -2.40. The fraction of sp³-hybridized carbons (Fsp3) is 0.500. The van der Waals surface area contributed by atoms with Crippen LogP contribution in [-0.4, -0.2) is 47.5 Å². The summed E-state index contributed by atoms with van der Waals surface area (Å²) in [6.07, 6.45) is 2.55. The first-order valence-corrected chi connectivity index (χ1v) is 8.42. The lowest BCUT2D eigenvalue weighted by atomic mass is 9.76. The number of piperidine rings is 1. The summed E-state index contributed by atoms with van der Waals surface area (Å²) in [7, 11) is 0. The maximum absolute atomic E-state index is 12.8. The summed E-state index contributed by atoms with van der Waals surface area (Å²) < 4.78 is 5.22. The van der Waals surface area contributed by atoms with Crippen LogP contribution >= 0.6 is 0 Å². The van der Waals surface area contributed by atoms with Crippen molar-refractivity contribution in [2.24, 2.45) is 11.1 Å². The molecule has 1 fully saturated rings. The van der Waals surface area contributed by atoms with Gasteiger partial charge in [-0.25, -0.2) is 0 Å². The number of aliphatic carboxylic acids is 1. The Morgan fingerprint density at radius 1 is 1.36 bits per heavy atom. The zero-order chi connectivity index (χ0) is 18.4. The Hall–Kier alpha value is -2.57. The highest BCUT2D eigenvalue weighted by Crippen LogP contribution is 2.35. The van der Waals surface area contributed by atoms with Crippen molar-refractivity contribution in [3.05, 3.63) is 29.8 Å². The summed E-state index contributed by atoms with van der Waals surface area (Å²) in [6, 6.07) is 6.48. The number of likely N-dealkylation sites (tertiary alicyclic amines) is 1. The van der Waals surface area contributed by atoms with Gasteiger partial charge in [0.25, 0.3) is 11.8 Å². The number of amides is 2. The Bertz CT molecular complexity index is 657. The van der Waals surface area contributed by atoms with Gasteiger partial charge in [0.05, 0.1) is 5.41 Å². The van der Waals surface area contributed by atoms with E-state index in [9.17, 15) is 19.5 Å². The van der Waals surface area contributed by atoms with Crippen LogP contribution < -0.4 is 10.5 Å². The molecule has 3 N–H and O–H groups in total. The topological polar surface area (TPSA) is 110 Å². The Kier molecular flexibility index (Phi) is 6.01. The predicted molar refractivity (Wildman–Crippen MR) is 91.2 cm³/mol. The van der Waals surface area contributed by atoms with E-state index in [1.54, 1.807) is 29.2 Å². The minimum Gasteiger partial charge on any atom is -0.484 e. The lowest BCUT2D eigenvalue weighted by molar-refractivity contribution is -0.152. The Balaban J connectivity index is 2.15. The number of carboxylic acids is 1. The molecule has 1 aliphatic heterocycles. The molecule has 1 aliphatic rings. The fourth-order valence-electron chi connectivity index (χ4n) is 3.33. The number of carboxylic acid groups (broad SMARTS) is 1.